The second kappa shape index (κ2) is 4.30. The number of aryl methyl sites for hydroxylation is 1. The van der Waals surface area contributed by atoms with Crippen LogP contribution in [-0.2, 0) is 7.05 Å². The molecule has 0 aliphatic carbocycles. The maximum absolute atomic E-state index is 2.20. The summed E-state index contributed by atoms with van der Waals surface area (Å²) in [4.78, 5) is 2.60. The molecule has 17 heavy (non-hydrogen) atoms. The Bertz CT molecular complexity index is 640. The minimum absolute atomic E-state index is 1.28. The summed E-state index contributed by atoms with van der Waals surface area (Å²) in [6.45, 7) is 0. The van der Waals surface area contributed by atoms with E-state index in [0.717, 1.165) is 0 Å². The van der Waals surface area contributed by atoms with Crippen molar-refractivity contribution in [3.05, 3.63) is 60.8 Å². The molecule has 0 N–H and O–H groups in total. The van der Waals surface area contributed by atoms with Gasteiger partial charge in [-0.05, 0) is 18.2 Å². The molecule has 0 unspecified atom stereocenters. The Kier molecular flexibility index (Phi) is 2.65. The Balaban J connectivity index is 2.07. The summed E-state index contributed by atoms with van der Waals surface area (Å²) in [6, 6.07) is 19.0. The first kappa shape index (κ1) is 10.5. The SMILES string of the molecule is Cn1cc(Sc2ccccc2)c2ccccc21. The second-order valence-corrected chi connectivity index (χ2v) is 5.15. The molecule has 2 heteroatoms. The lowest BCUT2D eigenvalue weighted by Gasteiger charge is -1.98. The second-order valence-electron chi connectivity index (χ2n) is 4.04. The molecule has 0 saturated heterocycles. The number of para-hydroxylation sites is 1. The minimum atomic E-state index is 1.28. The first-order valence-corrected chi connectivity index (χ1v) is 6.43. The van der Waals surface area contributed by atoms with Crippen LogP contribution in [0.4, 0.5) is 0 Å². The van der Waals surface area contributed by atoms with Crippen molar-refractivity contribution in [2.75, 3.05) is 0 Å². The summed E-state index contributed by atoms with van der Waals surface area (Å²) < 4.78 is 2.18. The van der Waals surface area contributed by atoms with Crippen molar-refractivity contribution in [3.63, 3.8) is 0 Å². The smallest absolute Gasteiger partial charge is 0.0489 e. The van der Waals surface area contributed by atoms with Crippen molar-refractivity contribution >= 4 is 22.7 Å². The van der Waals surface area contributed by atoms with Gasteiger partial charge in [0.15, 0.2) is 0 Å². The van der Waals surface area contributed by atoms with Gasteiger partial charge >= 0.3 is 0 Å². The lowest BCUT2D eigenvalue weighted by atomic mass is 10.2. The molecule has 0 aliphatic heterocycles. The quantitative estimate of drug-likeness (QED) is 0.644. The van der Waals surface area contributed by atoms with Crippen molar-refractivity contribution in [1.82, 2.24) is 4.57 Å². The number of benzene rings is 2. The van der Waals surface area contributed by atoms with Gasteiger partial charge in [0.1, 0.15) is 0 Å². The van der Waals surface area contributed by atoms with Crippen molar-refractivity contribution in [3.8, 4) is 0 Å². The predicted molar refractivity (Wildman–Crippen MR) is 73.5 cm³/mol. The van der Waals surface area contributed by atoms with E-state index in [1.54, 1.807) is 0 Å². The first-order valence-electron chi connectivity index (χ1n) is 5.61. The summed E-state index contributed by atoms with van der Waals surface area (Å²) >= 11 is 1.82. The van der Waals surface area contributed by atoms with Crippen LogP contribution < -0.4 is 0 Å². The van der Waals surface area contributed by atoms with Gasteiger partial charge < -0.3 is 4.57 Å². The average Bonchev–Trinajstić information content (AvgIpc) is 2.69. The third kappa shape index (κ3) is 1.96. The summed E-state index contributed by atoms with van der Waals surface area (Å²) in [5.41, 5.74) is 1.28. The summed E-state index contributed by atoms with van der Waals surface area (Å²) in [5.74, 6) is 0. The maximum Gasteiger partial charge on any atom is 0.0489 e. The fraction of sp³-hybridized carbons (Fsp3) is 0.0667. The van der Waals surface area contributed by atoms with Crippen molar-refractivity contribution in [1.29, 1.82) is 0 Å². The molecular formula is C15H13NS. The normalized spacial score (nSPS) is 10.9. The lowest BCUT2D eigenvalue weighted by Crippen LogP contribution is -1.81. The number of fused-ring (bicyclic) bond motifs is 1. The highest BCUT2D eigenvalue weighted by Crippen LogP contribution is 2.34. The van der Waals surface area contributed by atoms with E-state index in [0.29, 0.717) is 0 Å². The van der Waals surface area contributed by atoms with Crippen LogP contribution in [0.5, 0.6) is 0 Å². The van der Waals surface area contributed by atoms with Crippen LogP contribution in [0, 0.1) is 0 Å². The molecule has 0 spiro atoms. The van der Waals surface area contributed by atoms with E-state index in [1.165, 1.54) is 20.7 Å². The summed E-state index contributed by atoms with van der Waals surface area (Å²) in [6.07, 6.45) is 2.20. The number of rotatable bonds is 2. The molecule has 0 saturated carbocycles. The van der Waals surface area contributed by atoms with E-state index in [4.69, 9.17) is 0 Å². The van der Waals surface area contributed by atoms with Crippen LogP contribution in [0.3, 0.4) is 0 Å². The van der Waals surface area contributed by atoms with Crippen molar-refractivity contribution in [2.24, 2.45) is 7.05 Å². The molecule has 3 aromatic rings. The fourth-order valence-corrected chi connectivity index (χ4v) is 3.04. The van der Waals surface area contributed by atoms with Gasteiger partial charge in [-0.3, -0.25) is 0 Å². The summed E-state index contributed by atoms with van der Waals surface area (Å²) in [5, 5.41) is 1.32. The van der Waals surface area contributed by atoms with Crippen molar-refractivity contribution in [2.45, 2.75) is 9.79 Å². The molecule has 0 aliphatic rings. The predicted octanol–water partition coefficient (Wildman–Crippen LogP) is 4.33. The highest BCUT2D eigenvalue weighted by Gasteiger charge is 2.06. The average molecular weight is 239 g/mol. The minimum Gasteiger partial charge on any atom is -0.349 e. The Labute approximate surface area is 105 Å². The Hall–Kier alpha value is -1.67. The highest BCUT2D eigenvalue weighted by molar-refractivity contribution is 7.99. The van der Waals surface area contributed by atoms with Gasteiger partial charge in [-0.15, -0.1) is 0 Å². The topological polar surface area (TPSA) is 4.93 Å². The zero-order valence-corrected chi connectivity index (χ0v) is 10.4. The molecule has 84 valence electrons. The molecule has 0 atom stereocenters. The van der Waals surface area contributed by atoms with Gasteiger partial charge in [-0.2, -0.15) is 0 Å². The van der Waals surface area contributed by atoms with Crippen LogP contribution >= 0.6 is 11.8 Å². The van der Waals surface area contributed by atoms with Gasteiger partial charge in [0.2, 0.25) is 0 Å². The van der Waals surface area contributed by atoms with Gasteiger partial charge in [-0.1, -0.05) is 48.2 Å². The molecule has 0 radical (unpaired) electrons. The third-order valence-electron chi connectivity index (χ3n) is 2.83. The number of nitrogens with zero attached hydrogens (tertiary/aromatic N) is 1. The van der Waals surface area contributed by atoms with Crippen LogP contribution in [0.25, 0.3) is 10.9 Å². The summed E-state index contributed by atoms with van der Waals surface area (Å²) in [7, 11) is 2.09. The number of hydrogen-bond acceptors (Lipinski definition) is 1. The van der Waals surface area contributed by atoms with E-state index in [2.05, 4.69) is 66.3 Å². The molecular weight excluding hydrogens is 226 g/mol. The van der Waals surface area contributed by atoms with Gasteiger partial charge in [0, 0.05) is 33.9 Å². The van der Waals surface area contributed by atoms with E-state index < -0.39 is 0 Å². The van der Waals surface area contributed by atoms with Gasteiger partial charge in [-0.25, -0.2) is 0 Å². The van der Waals surface area contributed by atoms with E-state index in [-0.39, 0.29) is 0 Å². The van der Waals surface area contributed by atoms with Crippen LogP contribution in [-0.4, -0.2) is 4.57 Å². The van der Waals surface area contributed by atoms with Gasteiger partial charge in [0.05, 0.1) is 0 Å². The van der Waals surface area contributed by atoms with Gasteiger partial charge in [0.25, 0.3) is 0 Å². The Morgan fingerprint density at radius 1 is 0.882 bits per heavy atom. The monoisotopic (exact) mass is 239 g/mol. The fourth-order valence-electron chi connectivity index (χ4n) is 2.00. The zero-order valence-electron chi connectivity index (χ0n) is 9.63. The van der Waals surface area contributed by atoms with Crippen LogP contribution in [0.2, 0.25) is 0 Å². The zero-order chi connectivity index (χ0) is 11.7. The molecule has 1 aromatic heterocycles. The van der Waals surface area contributed by atoms with E-state index >= 15 is 0 Å². The van der Waals surface area contributed by atoms with Crippen molar-refractivity contribution < 1.29 is 0 Å². The first-order chi connectivity index (χ1) is 8.34. The lowest BCUT2D eigenvalue weighted by molar-refractivity contribution is 0.957. The Morgan fingerprint density at radius 3 is 2.41 bits per heavy atom. The molecule has 2 aromatic carbocycles. The number of aromatic nitrogens is 1. The standard InChI is InChI=1S/C15H13NS/c1-16-11-15(13-9-5-6-10-14(13)16)17-12-7-3-2-4-8-12/h2-11H,1H3. The molecule has 1 nitrogen and oxygen atoms in total. The molecule has 0 fully saturated rings. The van der Waals surface area contributed by atoms with E-state index in [9.17, 15) is 0 Å². The Morgan fingerprint density at radius 2 is 1.59 bits per heavy atom. The van der Waals surface area contributed by atoms with Crippen LogP contribution in [0.15, 0.2) is 70.6 Å². The largest absolute Gasteiger partial charge is 0.349 e. The third-order valence-corrected chi connectivity index (χ3v) is 3.88. The van der Waals surface area contributed by atoms with Crippen LogP contribution in [0.1, 0.15) is 0 Å². The molecule has 1 heterocycles. The molecule has 0 amide bonds. The molecule has 3 rings (SSSR count). The number of hydrogen-bond donors (Lipinski definition) is 0. The highest BCUT2D eigenvalue weighted by atomic mass is 32.2. The molecule has 0 bridgehead atoms. The maximum atomic E-state index is 2.20. The van der Waals surface area contributed by atoms with E-state index in [1.807, 2.05) is 17.8 Å².